The maximum Gasteiger partial charge on any atom is 0.273 e. The van der Waals surface area contributed by atoms with Crippen LogP contribution in [0.2, 0.25) is 5.02 Å². The molecular weight excluding hydrogens is 498 g/mol. The van der Waals surface area contributed by atoms with Crippen molar-refractivity contribution in [3.8, 4) is 11.5 Å². The monoisotopic (exact) mass is 519 g/mol. The van der Waals surface area contributed by atoms with Crippen LogP contribution in [0.25, 0.3) is 0 Å². The molecule has 184 valence electrons. The van der Waals surface area contributed by atoms with Crippen LogP contribution in [0.4, 0.5) is 17.1 Å². The molecule has 12 heteroatoms. The van der Waals surface area contributed by atoms with Crippen molar-refractivity contribution in [2.45, 2.75) is 11.8 Å². The number of nitro benzene ring substituents is 1. The zero-order chi connectivity index (χ0) is 25.8. The van der Waals surface area contributed by atoms with Gasteiger partial charge in [0.2, 0.25) is 5.91 Å². The van der Waals surface area contributed by atoms with E-state index in [1.54, 1.807) is 12.1 Å². The third kappa shape index (κ3) is 5.81. The molecule has 0 unspecified atom stereocenters. The number of nitrogens with one attached hydrogen (secondary N) is 1. The first-order valence-corrected chi connectivity index (χ1v) is 11.9. The van der Waals surface area contributed by atoms with Gasteiger partial charge in [0.1, 0.15) is 18.0 Å². The summed E-state index contributed by atoms with van der Waals surface area (Å²) in [6.07, 6.45) is 0. The molecule has 3 aromatic rings. The number of hydrogen-bond acceptors (Lipinski definition) is 7. The Morgan fingerprint density at radius 2 is 1.74 bits per heavy atom. The van der Waals surface area contributed by atoms with Gasteiger partial charge in [-0.1, -0.05) is 17.7 Å². The van der Waals surface area contributed by atoms with Crippen LogP contribution < -0.4 is 19.1 Å². The molecule has 0 aliphatic carbocycles. The number of methoxy groups -OCH3 is 2. The summed E-state index contributed by atoms with van der Waals surface area (Å²) < 4.78 is 38.4. The van der Waals surface area contributed by atoms with Gasteiger partial charge in [-0.3, -0.25) is 19.2 Å². The van der Waals surface area contributed by atoms with E-state index >= 15 is 0 Å². The molecule has 10 nitrogen and oxygen atoms in total. The lowest BCUT2D eigenvalue weighted by molar-refractivity contribution is -0.385. The van der Waals surface area contributed by atoms with Crippen molar-refractivity contribution in [2.24, 2.45) is 0 Å². The smallest absolute Gasteiger partial charge is 0.273 e. The average molecular weight is 520 g/mol. The van der Waals surface area contributed by atoms with E-state index in [-0.39, 0.29) is 22.0 Å². The molecule has 0 aliphatic heterocycles. The van der Waals surface area contributed by atoms with Crippen LogP contribution in [0.1, 0.15) is 5.56 Å². The second kappa shape index (κ2) is 10.6. The van der Waals surface area contributed by atoms with Crippen LogP contribution in [0.5, 0.6) is 11.5 Å². The maximum absolute atomic E-state index is 13.6. The zero-order valence-corrected chi connectivity index (χ0v) is 20.6. The summed E-state index contributed by atoms with van der Waals surface area (Å²) in [6, 6.07) is 14.2. The van der Waals surface area contributed by atoms with Gasteiger partial charge in [-0.05, 0) is 55.5 Å². The highest BCUT2D eigenvalue weighted by Crippen LogP contribution is 2.30. The average Bonchev–Trinajstić information content (AvgIpc) is 2.82. The van der Waals surface area contributed by atoms with Crippen LogP contribution in [-0.4, -0.2) is 40.0 Å². The van der Waals surface area contributed by atoms with Crippen LogP contribution in [0.15, 0.2) is 65.6 Å². The summed E-state index contributed by atoms with van der Waals surface area (Å²) in [4.78, 5) is 23.3. The van der Waals surface area contributed by atoms with Gasteiger partial charge in [-0.2, -0.15) is 0 Å². The zero-order valence-electron chi connectivity index (χ0n) is 19.0. The fraction of sp³-hybridized carbons (Fsp3) is 0.174. The predicted molar refractivity (Wildman–Crippen MR) is 132 cm³/mol. The van der Waals surface area contributed by atoms with Crippen molar-refractivity contribution in [1.29, 1.82) is 0 Å². The van der Waals surface area contributed by atoms with E-state index in [1.807, 2.05) is 0 Å². The highest BCUT2D eigenvalue weighted by atomic mass is 35.5. The molecule has 0 heterocycles. The first-order valence-electron chi connectivity index (χ1n) is 10.1. The lowest BCUT2D eigenvalue weighted by Gasteiger charge is -2.24. The summed E-state index contributed by atoms with van der Waals surface area (Å²) >= 11 is 6.01. The third-order valence-electron chi connectivity index (χ3n) is 5.05. The van der Waals surface area contributed by atoms with Gasteiger partial charge in [0.15, 0.2) is 0 Å². The number of anilines is 2. The van der Waals surface area contributed by atoms with Crippen molar-refractivity contribution in [2.75, 3.05) is 30.4 Å². The Morgan fingerprint density at radius 3 is 2.34 bits per heavy atom. The lowest BCUT2D eigenvalue weighted by atomic mass is 10.2. The molecule has 0 atom stereocenters. The number of benzene rings is 3. The number of sulfonamides is 1. The van der Waals surface area contributed by atoms with E-state index in [1.165, 1.54) is 63.6 Å². The van der Waals surface area contributed by atoms with E-state index in [2.05, 4.69) is 5.32 Å². The number of halogens is 1. The molecule has 0 saturated carbocycles. The molecule has 0 fully saturated rings. The third-order valence-corrected chi connectivity index (χ3v) is 7.05. The van der Waals surface area contributed by atoms with Crippen LogP contribution >= 0.6 is 11.6 Å². The molecular formula is C23H22ClN3O7S. The van der Waals surface area contributed by atoms with Gasteiger partial charge in [0, 0.05) is 16.7 Å². The topological polar surface area (TPSA) is 128 Å². The molecule has 3 aromatic carbocycles. The van der Waals surface area contributed by atoms with Gasteiger partial charge < -0.3 is 14.8 Å². The van der Waals surface area contributed by atoms with Crippen LogP contribution in [-0.2, 0) is 14.8 Å². The number of carbonyl (C=O) groups excluding carboxylic acids is 1. The Kier molecular flexibility index (Phi) is 7.82. The number of aryl methyl sites for hydroxylation is 1. The highest BCUT2D eigenvalue weighted by Gasteiger charge is 2.29. The molecule has 0 aliphatic rings. The van der Waals surface area contributed by atoms with Crippen molar-refractivity contribution < 1.29 is 27.6 Å². The summed E-state index contributed by atoms with van der Waals surface area (Å²) in [5.74, 6) is 0.118. The van der Waals surface area contributed by atoms with Crippen molar-refractivity contribution in [1.82, 2.24) is 0 Å². The first kappa shape index (κ1) is 25.8. The summed E-state index contributed by atoms with van der Waals surface area (Å²) in [5.41, 5.74) is 0.356. The maximum atomic E-state index is 13.6. The van der Waals surface area contributed by atoms with E-state index in [9.17, 15) is 23.3 Å². The summed E-state index contributed by atoms with van der Waals surface area (Å²) in [5, 5.41) is 14.3. The van der Waals surface area contributed by atoms with Gasteiger partial charge >= 0.3 is 0 Å². The number of ether oxygens (including phenoxy) is 2. The minimum atomic E-state index is -4.39. The molecule has 1 N–H and O–H groups in total. The normalized spacial score (nSPS) is 11.0. The van der Waals surface area contributed by atoms with Crippen molar-refractivity contribution in [3.05, 3.63) is 81.4 Å². The standard InChI is InChI=1S/C23H22ClN3O7S/c1-15-4-10-19(13-21(15)27(29)30)35(31,32)26(17-6-8-18(33-2)9-7-17)14-23(28)25-20-12-16(24)5-11-22(20)34-3/h4-13H,14H2,1-3H3,(H,25,28). The Bertz CT molecular complexity index is 1360. The fourth-order valence-electron chi connectivity index (χ4n) is 3.24. The second-order valence-corrected chi connectivity index (χ2v) is 9.61. The van der Waals surface area contributed by atoms with E-state index in [4.69, 9.17) is 21.1 Å². The Hall–Kier alpha value is -3.83. The second-order valence-electron chi connectivity index (χ2n) is 7.31. The van der Waals surface area contributed by atoms with Gasteiger partial charge in [-0.25, -0.2) is 8.42 Å². The minimum absolute atomic E-state index is 0.155. The molecule has 0 saturated heterocycles. The van der Waals surface area contributed by atoms with Gasteiger partial charge in [0.25, 0.3) is 15.7 Å². The molecule has 1 amide bonds. The SMILES string of the molecule is COc1ccc(N(CC(=O)Nc2cc(Cl)ccc2OC)S(=O)(=O)c2ccc(C)c([N+](=O)[O-])c2)cc1. The number of nitro groups is 1. The quantitative estimate of drug-likeness (QED) is 0.327. The van der Waals surface area contributed by atoms with Crippen molar-refractivity contribution in [3.63, 3.8) is 0 Å². The highest BCUT2D eigenvalue weighted by molar-refractivity contribution is 7.92. The molecule has 0 radical (unpaired) electrons. The summed E-state index contributed by atoms with van der Waals surface area (Å²) in [7, 11) is -1.51. The first-order chi connectivity index (χ1) is 16.6. The fourth-order valence-corrected chi connectivity index (χ4v) is 4.85. The van der Waals surface area contributed by atoms with E-state index < -0.39 is 27.4 Å². The Morgan fingerprint density at radius 1 is 1.06 bits per heavy atom. The molecule has 35 heavy (non-hydrogen) atoms. The van der Waals surface area contributed by atoms with Crippen molar-refractivity contribution >= 4 is 44.6 Å². The molecule has 0 bridgehead atoms. The van der Waals surface area contributed by atoms with Gasteiger partial charge in [0.05, 0.1) is 35.4 Å². The lowest BCUT2D eigenvalue weighted by Crippen LogP contribution is -2.38. The molecule has 0 spiro atoms. The number of rotatable bonds is 9. The molecule has 0 aromatic heterocycles. The van der Waals surface area contributed by atoms with Gasteiger partial charge in [-0.15, -0.1) is 0 Å². The van der Waals surface area contributed by atoms with E-state index in [0.29, 0.717) is 22.1 Å². The summed E-state index contributed by atoms with van der Waals surface area (Å²) in [6.45, 7) is 0.869. The number of hydrogen-bond donors (Lipinski definition) is 1. The number of carbonyl (C=O) groups is 1. The van der Waals surface area contributed by atoms with Crippen LogP contribution in [0.3, 0.4) is 0 Å². The Balaban J connectivity index is 2.03. The minimum Gasteiger partial charge on any atom is -0.497 e. The van der Waals surface area contributed by atoms with Crippen LogP contribution in [0, 0.1) is 17.0 Å². The predicted octanol–water partition coefficient (Wildman–Crippen LogP) is 4.41. The number of nitrogens with zero attached hydrogens (tertiary/aromatic N) is 2. The van der Waals surface area contributed by atoms with E-state index in [0.717, 1.165) is 10.4 Å². The number of amides is 1. The Labute approximate surface area is 207 Å². The largest absolute Gasteiger partial charge is 0.497 e. The molecule has 3 rings (SSSR count).